The molecule has 7 rings (SSSR count). The molecule has 0 spiro atoms. The molecule has 6 aliphatic rings. The fourth-order valence-corrected chi connectivity index (χ4v) is 7.56. The molecule has 5 fully saturated rings. The van der Waals surface area contributed by atoms with E-state index in [4.69, 9.17) is 0 Å². The summed E-state index contributed by atoms with van der Waals surface area (Å²) in [5.74, 6) is 3.70. The minimum Gasteiger partial charge on any atom is -0.390 e. The molecule has 1 saturated heterocycles. The lowest BCUT2D eigenvalue weighted by molar-refractivity contribution is -0.158. The van der Waals surface area contributed by atoms with Crippen LogP contribution in [0.3, 0.4) is 0 Å². The van der Waals surface area contributed by atoms with Crippen LogP contribution in [0, 0.1) is 35.5 Å². The molecule has 1 aromatic rings. The molecule has 1 aliphatic heterocycles. The molecule has 1 amide bonds. The van der Waals surface area contributed by atoms with Gasteiger partial charge in [-0.25, -0.2) is 0 Å². The zero-order valence-electron chi connectivity index (χ0n) is 15.3. The Kier molecular flexibility index (Phi) is 3.19. The van der Waals surface area contributed by atoms with Crippen molar-refractivity contribution in [3.05, 3.63) is 29.6 Å². The Labute approximate surface area is 155 Å². The van der Waals surface area contributed by atoms with Crippen LogP contribution in [0.4, 0.5) is 0 Å². The summed E-state index contributed by atoms with van der Waals surface area (Å²) in [4.78, 5) is 19.6. The number of amides is 1. The first-order valence-electron chi connectivity index (χ1n) is 10.5. The van der Waals surface area contributed by atoms with Crippen LogP contribution in [0.5, 0.6) is 0 Å². The van der Waals surface area contributed by atoms with Gasteiger partial charge < -0.3 is 10.0 Å². The predicted molar refractivity (Wildman–Crippen MR) is 97.2 cm³/mol. The van der Waals surface area contributed by atoms with Crippen molar-refractivity contribution in [3.63, 3.8) is 0 Å². The lowest BCUT2D eigenvalue weighted by atomic mass is 9.50. The number of aromatic nitrogens is 1. The van der Waals surface area contributed by atoms with Crippen molar-refractivity contribution in [2.45, 2.75) is 50.5 Å². The molecule has 0 radical (unpaired) electrons. The van der Waals surface area contributed by atoms with Gasteiger partial charge in [0.25, 0.3) is 0 Å². The highest BCUT2D eigenvalue weighted by Crippen LogP contribution is 2.58. The number of hydrogen-bond acceptors (Lipinski definition) is 3. The quantitative estimate of drug-likeness (QED) is 0.889. The standard InChI is InChI=1S/C22H28N2O2/c25-21-19-6-17-10-23-2-1-14(17)5-18(19)11-24(21)12-20-15-3-13-4-16(20)9-22(26,7-13)8-15/h1-2,10,13,15-16,18-20,26H,3-9,11-12H2/t13?,15-,16+,18-,19-,20?,22?/m0/s1. The SMILES string of the molecule is O=C1[C@H]2Cc3cnccc3C[C@H]2CN1CC1[C@@H]2CC3C[C@H]1CC(O)(C3)C2. The summed E-state index contributed by atoms with van der Waals surface area (Å²) in [6, 6.07) is 2.14. The van der Waals surface area contributed by atoms with E-state index in [-0.39, 0.29) is 11.5 Å². The van der Waals surface area contributed by atoms with Crippen molar-refractivity contribution in [2.75, 3.05) is 13.1 Å². The molecule has 4 nitrogen and oxygen atoms in total. The van der Waals surface area contributed by atoms with Gasteiger partial charge in [0.05, 0.1) is 5.60 Å². The first kappa shape index (κ1) is 15.6. The third-order valence-electron chi connectivity index (χ3n) is 8.45. The Balaban J connectivity index is 1.20. The van der Waals surface area contributed by atoms with Gasteiger partial charge in [-0.1, -0.05) is 0 Å². The van der Waals surface area contributed by atoms with Crippen LogP contribution in [-0.4, -0.2) is 39.6 Å². The molecule has 1 N–H and O–H groups in total. The topological polar surface area (TPSA) is 53.4 Å². The third kappa shape index (κ3) is 2.24. The fourth-order valence-electron chi connectivity index (χ4n) is 7.56. The maximum absolute atomic E-state index is 13.1. The first-order valence-corrected chi connectivity index (χ1v) is 10.5. The van der Waals surface area contributed by atoms with Crippen LogP contribution < -0.4 is 0 Å². The van der Waals surface area contributed by atoms with E-state index in [0.717, 1.165) is 51.1 Å². The van der Waals surface area contributed by atoms with E-state index in [0.29, 0.717) is 29.6 Å². The lowest BCUT2D eigenvalue weighted by Crippen LogP contribution is -2.56. The Morgan fingerprint density at radius 3 is 2.69 bits per heavy atom. The summed E-state index contributed by atoms with van der Waals surface area (Å²) in [5.41, 5.74) is 2.30. The van der Waals surface area contributed by atoms with Gasteiger partial charge in [-0.15, -0.1) is 0 Å². The second-order valence-electron chi connectivity index (χ2n) is 10.0. The highest BCUT2D eigenvalue weighted by Gasteiger charge is 2.55. The first-order chi connectivity index (χ1) is 12.6. The largest absolute Gasteiger partial charge is 0.390 e. The van der Waals surface area contributed by atoms with E-state index in [1.54, 1.807) is 0 Å². The highest BCUT2D eigenvalue weighted by molar-refractivity contribution is 5.82. The zero-order chi connectivity index (χ0) is 17.5. The molecule has 4 heteroatoms. The number of aliphatic hydroxyl groups is 1. The molecule has 4 bridgehead atoms. The number of carbonyl (C=O) groups excluding carboxylic acids is 1. The summed E-state index contributed by atoms with van der Waals surface area (Å²) in [6.45, 7) is 1.88. The highest BCUT2D eigenvalue weighted by atomic mass is 16.3. The van der Waals surface area contributed by atoms with Gasteiger partial charge in [-0.05, 0) is 91.7 Å². The minimum atomic E-state index is -0.370. The van der Waals surface area contributed by atoms with Crippen molar-refractivity contribution < 1.29 is 9.90 Å². The van der Waals surface area contributed by atoms with Gasteiger partial charge >= 0.3 is 0 Å². The van der Waals surface area contributed by atoms with Crippen LogP contribution in [0.25, 0.3) is 0 Å². The molecule has 3 unspecified atom stereocenters. The number of nitrogens with zero attached hydrogens (tertiary/aromatic N) is 2. The number of pyridine rings is 1. The monoisotopic (exact) mass is 352 g/mol. The van der Waals surface area contributed by atoms with Crippen LogP contribution in [0.2, 0.25) is 0 Å². The van der Waals surface area contributed by atoms with E-state index in [2.05, 4.69) is 16.0 Å². The Hall–Kier alpha value is -1.42. The van der Waals surface area contributed by atoms with E-state index in [1.165, 1.54) is 24.0 Å². The third-order valence-corrected chi connectivity index (χ3v) is 8.45. The number of carbonyl (C=O) groups is 1. The second-order valence-corrected chi connectivity index (χ2v) is 10.0. The normalized spacial score (nSPS) is 45.7. The average molecular weight is 352 g/mol. The number of hydrogen-bond donors (Lipinski definition) is 1. The lowest BCUT2D eigenvalue weighted by Gasteiger charge is -2.58. The van der Waals surface area contributed by atoms with Crippen LogP contribution in [0.1, 0.15) is 43.2 Å². The van der Waals surface area contributed by atoms with Crippen LogP contribution in [0.15, 0.2) is 18.5 Å². The fraction of sp³-hybridized carbons (Fsp3) is 0.727. The van der Waals surface area contributed by atoms with Gasteiger partial charge in [-0.3, -0.25) is 9.78 Å². The summed E-state index contributed by atoms with van der Waals surface area (Å²) in [7, 11) is 0. The Bertz CT molecular complexity index is 746. The second kappa shape index (κ2) is 5.31. The van der Waals surface area contributed by atoms with Gasteiger partial charge in [0.15, 0.2) is 0 Å². The number of rotatable bonds is 2. The maximum Gasteiger partial charge on any atom is 0.226 e. The molecule has 4 saturated carbocycles. The van der Waals surface area contributed by atoms with Crippen molar-refractivity contribution in [1.29, 1.82) is 0 Å². The number of likely N-dealkylation sites (tertiary alicyclic amines) is 1. The van der Waals surface area contributed by atoms with E-state index in [1.807, 2.05) is 12.4 Å². The number of fused-ring (bicyclic) bond motifs is 2. The van der Waals surface area contributed by atoms with E-state index >= 15 is 0 Å². The Morgan fingerprint density at radius 1 is 1.12 bits per heavy atom. The molecule has 5 aliphatic carbocycles. The maximum atomic E-state index is 13.1. The van der Waals surface area contributed by atoms with Crippen LogP contribution in [-0.2, 0) is 17.6 Å². The van der Waals surface area contributed by atoms with Crippen LogP contribution >= 0.6 is 0 Å². The predicted octanol–water partition coefficient (Wildman–Crippen LogP) is 2.44. The summed E-state index contributed by atoms with van der Waals surface area (Å²) in [5, 5.41) is 10.8. The van der Waals surface area contributed by atoms with Crippen molar-refractivity contribution in [1.82, 2.24) is 9.88 Å². The van der Waals surface area contributed by atoms with Crippen molar-refractivity contribution in [2.24, 2.45) is 35.5 Å². The smallest absolute Gasteiger partial charge is 0.226 e. The average Bonchev–Trinajstić information content (AvgIpc) is 2.90. The summed E-state index contributed by atoms with van der Waals surface area (Å²) < 4.78 is 0. The van der Waals surface area contributed by atoms with Crippen molar-refractivity contribution in [3.8, 4) is 0 Å². The van der Waals surface area contributed by atoms with E-state index < -0.39 is 0 Å². The molecular weight excluding hydrogens is 324 g/mol. The molecule has 26 heavy (non-hydrogen) atoms. The molecule has 1 aromatic heterocycles. The molecule has 2 heterocycles. The summed E-state index contributed by atoms with van der Waals surface area (Å²) >= 11 is 0. The van der Waals surface area contributed by atoms with Gasteiger partial charge in [0.1, 0.15) is 0 Å². The molecule has 7 atom stereocenters. The van der Waals surface area contributed by atoms with Gasteiger partial charge in [0, 0.05) is 31.4 Å². The van der Waals surface area contributed by atoms with E-state index in [9.17, 15) is 9.90 Å². The summed E-state index contributed by atoms with van der Waals surface area (Å²) in [6.07, 6.45) is 11.3. The zero-order valence-corrected chi connectivity index (χ0v) is 15.3. The van der Waals surface area contributed by atoms with Gasteiger partial charge in [0.2, 0.25) is 5.91 Å². The molecule has 138 valence electrons. The Morgan fingerprint density at radius 2 is 1.92 bits per heavy atom. The minimum absolute atomic E-state index is 0.174. The molecule has 0 aromatic carbocycles. The molecular formula is C22H28N2O2. The van der Waals surface area contributed by atoms with Crippen molar-refractivity contribution >= 4 is 5.91 Å². The van der Waals surface area contributed by atoms with Gasteiger partial charge in [-0.2, -0.15) is 0 Å².